The van der Waals surface area contributed by atoms with Gasteiger partial charge in [0.15, 0.2) is 12.2 Å². The van der Waals surface area contributed by atoms with Crippen LogP contribution in [0.4, 0.5) is 0 Å². The van der Waals surface area contributed by atoms with Crippen molar-refractivity contribution >= 4 is 39.5 Å². The fraction of sp³-hybridized carbons (Fsp3) is 0.951. The molecule has 0 amide bonds. The minimum Gasteiger partial charge on any atom is -0.462 e. The fourth-order valence-electron chi connectivity index (χ4n) is 12.7. The summed E-state index contributed by atoms with van der Waals surface area (Å²) in [6.07, 6.45) is 63.6. The van der Waals surface area contributed by atoms with E-state index in [2.05, 4.69) is 41.5 Å². The highest BCUT2D eigenvalue weighted by Gasteiger charge is 2.30. The number of hydrogen-bond donors (Lipinski definition) is 3. The van der Waals surface area contributed by atoms with E-state index in [1.807, 2.05) is 0 Å². The maximum absolute atomic E-state index is 13.1. The van der Waals surface area contributed by atoms with Crippen LogP contribution in [0.15, 0.2) is 0 Å². The Bertz CT molecular complexity index is 1940. The van der Waals surface area contributed by atoms with Crippen LogP contribution in [-0.2, 0) is 65.4 Å². The largest absolute Gasteiger partial charge is 0.472 e. The first-order valence-electron chi connectivity index (χ1n) is 42.5. The summed E-state index contributed by atoms with van der Waals surface area (Å²) >= 11 is 0. The Hall–Kier alpha value is -1.94. The highest BCUT2D eigenvalue weighted by molar-refractivity contribution is 7.47. The van der Waals surface area contributed by atoms with Crippen molar-refractivity contribution in [1.29, 1.82) is 0 Å². The SMILES string of the molecule is CCCCCCCCCCCCCCCCCC(=O)O[C@H](COC(=O)CCCCCCCCCCCCCC)COP(=O)(O)OC[C@H](O)COP(=O)(O)OC[C@@H](COC(=O)CCCCCCCCCCCCCCCCC(C)C)OC(=O)CCCCCCCCCCCCCCCCC(C)C. The molecule has 0 rings (SSSR count). The van der Waals surface area contributed by atoms with Crippen LogP contribution in [0, 0.1) is 11.8 Å². The molecule has 19 heteroatoms. The quantitative estimate of drug-likeness (QED) is 0.0222. The number of aliphatic hydroxyl groups is 1. The lowest BCUT2D eigenvalue weighted by Gasteiger charge is -2.21. The van der Waals surface area contributed by atoms with E-state index < -0.39 is 97.5 Å². The molecule has 0 aromatic rings. The first-order chi connectivity index (χ1) is 48.9. The van der Waals surface area contributed by atoms with Gasteiger partial charge in [0.25, 0.3) is 0 Å². The standard InChI is InChI=1S/C82H160O17P2/c1-7-9-11-13-15-17-19-21-22-30-36-42-48-54-60-66-81(86)98-77(70-92-79(84)64-58-52-46-40-34-20-18-16-14-12-10-8-2)72-96-100(88,89)94-68-76(83)69-95-101(90,91)97-73-78(99-82(87)67-61-55-49-43-37-31-26-24-28-33-39-45-51-57-63-75(5)6)71-93-80(85)65-59-53-47-41-35-29-25-23-27-32-38-44-50-56-62-74(3)4/h74-78,83H,7-73H2,1-6H3,(H,88,89)(H,90,91)/t76-,77+,78+/m0/s1. The maximum atomic E-state index is 13.1. The van der Waals surface area contributed by atoms with Crippen LogP contribution >= 0.6 is 15.6 Å². The van der Waals surface area contributed by atoms with Crippen LogP contribution in [0.2, 0.25) is 0 Å². The first-order valence-corrected chi connectivity index (χ1v) is 45.5. The molecule has 0 aromatic carbocycles. The number of carbonyl (C=O) groups is 4. The molecule has 17 nitrogen and oxygen atoms in total. The summed E-state index contributed by atoms with van der Waals surface area (Å²) in [5.74, 6) is -0.510. The summed E-state index contributed by atoms with van der Waals surface area (Å²) in [7, 11) is -9.92. The summed E-state index contributed by atoms with van der Waals surface area (Å²) in [4.78, 5) is 73.1. The Morgan fingerprint density at radius 1 is 0.267 bits per heavy atom. The van der Waals surface area contributed by atoms with Crippen LogP contribution in [-0.4, -0.2) is 96.7 Å². The number of phosphoric ester groups is 2. The molecule has 0 aliphatic heterocycles. The third-order valence-corrected chi connectivity index (χ3v) is 21.1. The van der Waals surface area contributed by atoms with Gasteiger partial charge in [0.05, 0.1) is 26.4 Å². The van der Waals surface area contributed by atoms with E-state index in [4.69, 9.17) is 37.0 Å². The molecule has 0 radical (unpaired) electrons. The fourth-order valence-corrected chi connectivity index (χ4v) is 14.3. The van der Waals surface area contributed by atoms with E-state index >= 15 is 0 Å². The molecule has 0 fully saturated rings. The second kappa shape index (κ2) is 73.6. The van der Waals surface area contributed by atoms with Gasteiger partial charge < -0.3 is 33.8 Å². The topological polar surface area (TPSA) is 237 Å². The highest BCUT2D eigenvalue weighted by Crippen LogP contribution is 2.45. The molecule has 0 aromatic heterocycles. The zero-order chi connectivity index (χ0) is 74.2. The van der Waals surface area contributed by atoms with Crippen molar-refractivity contribution in [1.82, 2.24) is 0 Å². The van der Waals surface area contributed by atoms with Crippen molar-refractivity contribution in [3.8, 4) is 0 Å². The third kappa shape index (κ3) is 76.1. The number of carbonyl (C=O) groups excluding carboxylic acids is 4. The summed E-state index contributed by atoms with van der Waals surface area (Å²) in [5, 5.41) is 10.7. The number of aliphatic hydroxyl groups excluding tert-OH is 1. The predicted molar refractivity (Wildman–Crippen MR) is 414 cm³/mol. The number of ether oxygens (including phenoxy) is 4. The zero-order valence-corrected chi connectivity index (χ0v) is 68.0. The number of hydrogen-bond acceptors (Lipinski definition) is 15. The molecule has 600 valence electrons. The number of esters is 4. The third-order valence-electron chi connectivity index (χ3n) is 19.2. The van der Waals surface area contributed by atoms with Crippen molar-refractivity contribution < 1.29 is 80.2 Å². The monoisotopic (exact) mass is 1480 g/mol. The van der Waals surface area contributed by atoms with Gasteiger partial charge in [-0.05, 0) is 37.5 Å². The molecule has 0 heterocycles. The van der Waals surface area contributed by atoms with E-state index in [0.717, 1.165) is 102 Å². The van der Waals surface area contributed by atoms with E-state index in [1.165, 1.54) is 250 Å². The van der Waals surface area contributed by atoms with Gasteiger partial charge in [-0.25, -0.2) is 9.13 Å². The molecule has 3 N–H and O–H groups in total. The van der Waals surface area contributed by atoms with Crippen molar-refractivity contribution in [2.75, 3.05) is 39.6 Å². The lowest BCUT2D eigenvalue weighted by atomic mass is 10.0. The van der Waals surface area contributed by atoms with E-state index in [1.54, 1.807) is 0 Å². The molecule has 101 heavy (non-hydrogen) atoms. The van der Waals surface area contributed by atoms with Gasteiger partial charge >= 0.3 is 39.5 Å². The second-order valence-electron chi connectivity index (χ2n) is 30.5. The van der Waals surface area contributed by atoms with Gasteiger partial charge in [-0.1, -0.05) is 382 Å². The lowest BCUT2D eigenvalue weighted by Crippen LogP contribution is -2.30. The average Bonchev–Trinajstić information content (AvgIpc) is 1.02. The van der Waals surface area contributed by atoms with Gasteiger partial charge in [-0.15, -0.1) is 0 Å². The van der Waals surface area contributed by atoms with Gasteiger partial charge in [-0.3, -0.25) is 37.3 Å². The number of unbranched alkanes of at least 4 members (excludes halogenated alkanes) is 51. The van der Waals surface area contributed by atoms with E-state index in [0.29, 0.717) is 25.7 Å². The molecule has 2 unspecified atom stereocenters. The predicted octanol–water partition coefficient (Wildman–Crippen LogP) is 24.7. The molecule has 0 bridgehead atoms. The summed E-state index contributed by atoms with van der Waals surface area (Å²) in [5.41, 5.74) is 0. The normalized spacial score (nSPS) is 13.9. The van der Waals surface area contributed by atoms with Crippen molar-refractivity contribution in [3.05, 3.63) is 0 Å². The molecule has 0 saturated heterocycles. The van der Waals surface area contributed by atoms with Crippen LogP contribution in [0.5, 0.6) is 0 Å². The Morgan fingerprint density at radius 2 is 0.455 bits per heavy atom. The Morgan fingerprint density at radius 3 is 0.673 bits per heavy atom. The van der Waals surface area contributed by atoms with Gasteiger partial charge in [0, 0.05) is 25.7 Å². The minimum absolute atomic E-state index is 0.108. The summed E-state index contributed by atoms with van der Waals surface area (Å²) < 4.78 is 68.8. The molecule has 0 aliphatic rings. The molecular weight excluding hydrogens is 1320 g/mol. The second-order valence-corrected chi connectivity index (χ2v) is 33.4. The first kappa shape index (κ1) is 99.1. The maximum Gasteiger partial charge on any atom is 0.472 e. The average molecular weight is 1480 g/mol. The Kier molecular flexibility index (Phi) is 72.2. The molecule has 0 aliphatic carbocycles. The highest BCUT2D eigenvalue weighted by atomic mass is 31.2. The summed E-state index contributed by atoms with van der Waals surface area (Å²) in [6, 6.07) is 0. The van der Waals surface area contributed by atoms with Gasteiger partial charge in [0.2, 0.25) is 0 Å². The van der Waals surface area contributed by atoms with Crippen LogP contribution in [0.1, 0.15) is 433 Å². The zero-order valence-electron chi connectivity index (χ0n) is 66.2. The Labute approximate surface area is 619 Å². The molecule has 5 atom stereocenters. The van der Waals surface area contributed by atoms with Crippen molar-refractivity contribution in [2.45, 2.75) is 452 Å². The number of phosphoric acid groups is 2. The minimum atomic E-state index is -4.96. The lowest BCUT2D eigenvalue weighted by molar-refractivity contribution is -0.161. The van der Waals surface area contributed by atoms with Crippen molar-refractivity contribution in [2.24, 2.45) is 11.8 Å². The van der Waals surface area contributed by atoms with Crippen LogP contribution in [0.25, 0.3) is 0 Å². The van der Waals surface area contributed by atoms with Crippen LogP contribution < -0.4 is 0 Å². The van der Waals surface area contributed by atoms with Gasteiger partial charge in [-0.2, -0.15) is 0 Å². The van der Waals surface area contributed by atoms with E-state index in [-0.39, 0.29) is 25.7 Å². The smallest absolute Gasteiger partial charge is 0.462 e. The molecular formula is C82H160O17P2. The molecule has 0 spiro atoms. The number of rotatable bonds is 81. The summed E-state index contributed by atoms with van der Waals surface area (Å²) in [6.45, 7) is 9.70. The Balaban J connectivity index is 5.26. The molecule has 0 saturated carbocycles. The van der Waals surface area contributed by atoms with Gasteiger partial charge in [0.1, 0.15) is 19.3 Å². The van der Waals surface area contributed by atoms with Crippen LogP contribution in [0.3, 0.4) is 0 Å². The van der Waals surface area contributed by atoms with E-state index in [9.17, 15) is 43.2 Å². The van der Waals surface area contributed by atoms with Crippen molar-refractivity contribution in [3.63, 3.8) is 0 Å².